The summed E-state index contributed by atoms with van der Waals surface area (Å²) in [6.45, 7) is 1.82. The molecule has 9 heteroatoms. The van der Waals surface area contributed by atoms with Gasteiger partial charge in [0.25, 0.3) is 0 Å². The van der Waals surface area contributed by atoms with E-state index in [1.165, 1.54) is 18.0 Å². The first kappa shape index (κ1) is 15.8. The number of anilines is 1. The molecule has 0 aliphatic rings. The molecule has 0 fully saturated rings. The molecule has 0 saturated carbocycles. The van der Waals surface area contributed by atoms with Crippen LogP contribution in [0, 0.1) is 0 Å². The van der Waals surface area contributed by atoms with Crippen LogP contribution in [0.2, 0.25) is 5.02 Å². The van der Waals surface area contributed by atoms with Gasteiger partial charge in [0.2, 0.25) is 5.95 Å². The Morgan fingerprint density at radius 2 is 2.05 bits per heavy atom. The Morgan fingerprint density at radius 3 is 2.62 bits per heavy atom. The topological polar surface area (TPSA) is 64.7 Å². The van der Waals surface area contributed by atoms with E-state index in [1.807, 2.05) is 6.92 Å². The third-order valence-corrected chi connectivity index (χ3v) is 4.08. The first-order valence-electron chi connectivity index (χ1n) is 5.75. The van der Waals surface area contributed by atoms with Gasteiger partial charge in [-0.1, -0.05) is 23.4 Å². The summed E-state index contributed by atoms with van der Waals surface area (Å²) in [4.78, 5) is 11.6. The number of aromatic nitrogens is 3. The van der Waals surface area contributed by atoms with E-state index in [0.717, 1.165) is 12.3 Å². The fourth-order valence-electron chi connectivity index (χ4n) is 1.51. The Morgan fingerprint density at radius 1 is 1.33 bits per heavy atom. The summed E-state index contributed by atoms with van der Waals surface area (Å²) in [6.07, 6.45) is -2.20. The SMILES string of the molecule is C[C@H](Sc1ncc(C(F)(F)F)cc1Cl)c1ccnc(N)n1. The summed E-state index contributed by atoms with van der Waals surface area (Å²) in [6, 6.07) is 2.53. The highest BCUT2D eigenvalue weighted by atomic mass is 35.5. The highest BCUT2D eigenvalue weighted by Crippen LogP contribution is 2.38. The molecule has 0 aliphatic carbocycles. The van der Waals surface area contributed by atoms with Gasteiger partial charge in [0, 0.05) is 12.4 Å². The highest BCUT2D eigenvalue weighted by molar-refractivity contribution is 7.99. The molecule has 2 N–H and O–H groups in total. The van der Waals surface area contributed by atoms with Gasteiger partial charge in [-0.3, -0.25) is 0 Å². The number of nitrogen functional groups attached to an aromatic ring is 1. The third-order valence-electron chi connectivity index (χ3n) is 2.54. The van der Waals surface area contributed by atoms with Crippen LogP contribution in [0.1, 0.15) is 23.4 Å². The molecule has 0 radical (unpaired) electrons. The van der Waals surface area contributed by atoms with Crippen molar-refractivity contribution in [2.24, 2.45) is 0 Å². The Bertz CT molecular complexity index is 651. The number of thioether (sulfide) groups is 1. The molecule has 0 amide bonds. The number of rotatable bonds is 3. The van der Waals surface area contributed by atoms with Gasteiger partial charge in [-0.15, -0.1) is 0 Å². The van der Waals surface area contributed by atoms with Crippen LogP contribution in [-0.4, -0.2) is 15.0 Å². The molecule has 0 saturated heterocycles. The second-order valence-corrected chi connectivity index (χ2v) is 5.85. The van der Waals surface area contributed by atoms with Crippen molar-refractivity contribution >= 4 is 29.3 Å². The smallest absolute Gasteiger partial charge is 0.368 e. The lowest BCUT2D eigenvalue weighted by atomic mass is 10.3. The van der Waals surface area contributed by atoms with Gasteiger partial charge in [-0.25, -0.2) is 15.0 Å². The molecule has 112 valence electrons. The van der Waals surface area contributed by atoms with Gasteiger partial charge in [-0.05, 0) is 19.1 Å². The minimum Gasteiger partial charge on any atom is -0.368 e. The van der Waals surface area contributed by atoms with Gasteiger partial charge in [-0.2, -0.15) is 13.2 Å². The minimum absolute atomic E-state index is 0.0521. The normalized spacial score (nSPS) is 13.2. The monoisotopic (exact) mass is 334 g/mol. The molecule has 2 heterocycles. The maximum absolute atomic E-state index is 12.5. The zero-order valence-corrected chi connectivity index (χ0v) is 12.3. The van der Waals surface area contributed by atoms with Crippen molar-refractivity contribution in [3.8, 4) is 0 Å². The molecule has 1 atom stereocenters. The molecule has 2 aromatic heterocycles. The van der Waals surface area contributed by atoms with Crippen LogP contribution in [0.4, 0.5) is 19.1 Å². The van der Waals surface area contributed by atoms with E-state index in [9.17, 15) is 13.2 Å². The van der Waals surface area contributed by atoms with Crippen molar-refractivity contribution < 1.29 is 13.2 Å². The molecule has 4 nitrogen and oxygen atoms in total. The van der Waals surface area contributed by atoms with E-state index < -0.39 is 11.7 Å². The molecule has 0 aliphatic heterocycles. The average molecular weight is 335 g/mol. The first-order valence-corrected chi connectivity index (χ1v) is 7.01. The second-order valence-electron chi connectivity index (χ2n) is 4.11. The van der Waals surface area contributed by atoms with E-state index in [0.29, 0.717) is 10.7 Å². The lowest BCUT2D eigenvalue weighted by Gasteiger charge is -2.12. The van der Waals surface area contributed by atoms with Crippen molar-refractivity contribution in [2.45, 2.75) is 23.4 Å². The Balaban J connectivity index is 2.20. The zero-order chi connectivity index (χ0) is 15.6. The molecular formula is C12H10ClF3N4S. The summed E-state index contributed by atoms with van der Waals surface area (Å²) in [5.74, 6) is 0.131. The van der Waals surface area contributed by atoms with E-state index in [-0.39, 0.29) is 16.2 Å². The molecule has 0 bridgehead atoms. The summed E-state index contributed by atoms with van der Waals surface area (Å²) < 4.78 is 37.6. The van der Waals surface area contributed by atoms with Crippen LogP contribution < -0.4 is 5.73 Å². The molecule has 0 aromatic carbocycles. The van der Waals surface area contributed by atoms with Crippen molar-refractivity contribution in [3.05, 3.63) is 40.8 Å². The number of hydrogen-bond donors (Lipinski definition) is 1. The standard InChI is InChI=1S/C12H10ClF3N4S/c1-6(9-2-3-18-11(17)20-9)21-10-8(13)4-7(5-19-10)12(14,15)16/h2-6H,1H3,(H2,17,18,20)/t6-/m0/s1. The maximum atomic E-state index is 12.5. The fourth-order valence-corrected chi connectivity index (χ4v) is 2.68. The largest absolute Gasteiger partial charge is 0.417 e. The molecular weight excluding hydrogens is 325 g/mol. The van der Waals surface area contributed by atoms with E-state index in [2.05, 4.69) is 15.0 Å². The van der Waals surface area contributed by atoms with E-state index in [4.69, 9.17) is 17.3 Å². The van der Waals surface area contributed by atoms with E-state index >= 15 is 0 Å². The molecule has 2 aromatic rings. The molecule has 0 spiro atoms. The predicted molar refractivity (Wildman–Crippen MR) is 75.0 cm³/mol. The van der Waals surface area contributed by atoms with Crippen LogP contribution in [0.3, 0.4) is 0 Å². The zero-order valence-electron chi connectivity index (χ0n) is 10.7. The second kappa shape index (κ2) is 6.07. The van der Waals surface area contributed by atoms with Crippen molar-refractivity contribution in [3.63, 3.8) is 0 Å². The van der Waals surface area contributed by atoms with Crippen LogP contribution in [0.25, 0.3) is 0 Å². The lowest BCUT2D eigenvalue weighted by Crippen LogP contribution is -2.06. The summed E-state index contributed by atoms with van der Waals surface area (Å²) in [5.41, 5.74) is 5.25. The van der Waals surface area contributed by atoms with Gasteiger partial charge >= 0.3 is 6.18 Å². The van der Waals surface area contributed by atoms with Gasteiger partial charge in [0.05, 0.1) is 21.5 Å². The lowest BCUT2D eigenvalue weighted by molar-refractivity contribution is -0.137. The number of nitrogens with two attached hydrogens (primary N) is 1. The quantitative estimate of drug-likeness (QED) is 0.860. The molecule has 2 rings (SSSR count). The van der Waals surface area contributed by atoms with Gasteiger partial charge < -0.3 is 5.73 Å². The van der Waals surface area contributed by atoms with Crippen molar-refractivity contribution in [2.75, 3.05) is 5.73 Å². The number of nitrogens with zero attached hydrogens (tertiary/aromatic N) is 3. The number of hydrogen-bond acceptors (Lipinski definition) is 5. The van der Waals surface area contributed by atoms with Crippen molar-refractivity contribution in [1.82, 2.24) is 15.0 Å². The number of alkyl halides is 3. The summed E-state index contributed by atoms with van der Waals surface area (Å²) in [5, 5.41) is 0.0649. The maximum Gasteiger partial charge on any atom is 0.417 e. The Labute approximate surface area is 128 Å². The first-order chi connectivity index (χ1) is 9.77. The average Bonchev–Trinajstić information content (AvgIpc) is 2.39. The highest BCUT2D eigenvalue weighted by Gasteiger charge is 2.31. The Kier molecular flexibility index (Phi) is 4.58. The van der Waals surface area contributed by atoms with Crippen molar-refractivity contribution in [1.29, 1.82) is 0 Å². The summed E-state index contributed by atoms with van der Waals surface area (Å²) in [7, 11) is 0. The Hall–Kier alpha value is -1.54. The molecule has 21 heavy (non-hydrogen) atoms. The van der Waals surface area contributed by atoms with Crippen LogP contribution in [-0.2, 0) is 6.18 Å². The predicted octanol–water partition coefficient (Wildman–Crippen LogP) is 3.98. The number of halogens is 4. The fraction of sp³-hybridized carbons (Fsp3) is 0.250. The van der Waals surface area contributed by atoms with Crippen LogP contribution in [0.5, 0.6) is 0 Å². The van der Waals surface area contributed by atoms with Crippen LogP contribution in [0.15, 0.2) is 29.6 Å². The van der Waals surface area contributed by atoms with Crippen LogP contribution >= 0.6 is 23.4 Å². The van der Waals surface area contributed by atoms with Gasteiger partial charge in [0.1, 0.15) is 5.03 Å². The molecule has 0 unspecified atom stereocenters. The van der Waals surface area contributed by atoms with E-state index in [1.54, 1.807) is 6.07 Å². The minimum atomic E-state index is -4.47. The number of pyridine rings is 1. The summed E-state index contributed by atoms with van der Waals surface area (Å²) >= 11 is 7.05. The van der Waals surface area contributed by atoms with Gasteiger partial charge in [0.15, 0.2) is 0 Å². The third kappa shape index (κ3) is 3.98.